The molecule has 1 fully saturated rings. The van der Waals surface area contributed by atoms with Crippen molar-refractivity contribution in [2.75, 3.05) is 4.90 Å². The Labute approximate surface area is 132 Å². The first-order valence-electron chi connectivity index (χ1n) is 6.69. The van der Waals surface area contributed by atoms with Gasteiger partial charge < -0.3 is 5.32 Å². The second-order valence-corrected chi connectivity index (χ2v) is 5.99. The van der Waals surface area contributed by atoms with Crippen LogP contribution in [0.3, 0.4) is 0 Å². The maximum Gasteiger partial charge on any atom is 0.281 e. The first kappa shape index (κ1) is 14.0. The summed E-state index contributed by atoms with van der Waals surface area (Å²) in [5, 5.41) is 5.43. The van der Waals surface area contributed by atoms with Crippen molar-refractivity contribution in [3.63, 3.8) is 0 Å². The van der Waals surface area contributed by atoms with Crippen molar-refractivity contribution >= 4 is 46.3 Å². The number of carbonyl (C=O) groups excluding carboxylic acids is 1. The third-order valence-electron chi connectivity index (χ3n) is 3.32. The lowest BCUT2D eigenvalue weighted by molar-refractivity contribution is -0.113. The number of rotatable bonds is 3. The van der Waals surface area contributed by atoms with Crippen molar-refractivity contribution < 1.29 is 4.79 Å². The molecule has 0 atom stereocenters. The summed E-state index contributed by atoms with van der Waals surface area (Å²) >= 11 is 6.92. The van der Waals surface area contributed by atoms with Crippen LogP contribution in [0, 0.1) is 0 Å². The van der Waals surface area contributed by atoms with E-state index in [4.69, 9.17) is 12.2 Å². The smallest absolute Gasteiger partial charge is 0.281 e. The Bertz CT molecular complexity index is 720. The van der Waals surface area contributed by atoms with Crippen LogP contribution in [-0.4, -0.2) is 11.0 Å². The number of hydrogen-bond acceptors (Lipinski definition) is 3. The number of benzene rings is 1. The van der Waals surface area contributed by atoms with Crippen molar-refractivity contribution in [1.82, 2.24) is 5.32 Å². The Morgan fingerprint density at radius 2 is 2.10 bits per heavy atom. The molecule has 1 aliphatic heterocycles. The second kappa shape index (κ2) is 5.79. The van der Waals surface area contributed by atoms with Crippen LogP contribution in [0.15, 0.2) is 47.5 Å². The summed E-state index contributed by atoms with van der Waals surface area (Å²) in [6, 6.07) is 11.8. The molecule has 21 heavy (non-hydrogen) atoms. The molecule has 2 heterocycles. The van der Waals surface area contributed by atoms with E-state index in [-0.39, 0.29) is 5.91 Å². The van der Waals surface area contributed by atoms with Gasteiger partial charge in [-0.05, 0) is 47.8 Å². The highest BCUT2D eigenvalue weighted by atomic mass is 32.1. The Balaban J connectivity index is 1.98. The fourth-order valence-electron chi connectivity index (χ4n) is 2.30. The standard InChI is InChI=1S/C16H14N2OS2/c1-2-11-6-3-4-8-14(11)18-15(19)13(17-16(18)20)10-12-7-5-9-21-12/h3-10H,2H2,1H3,(H,17,20)/b13-10+. The number of thiocarbonyl (C=S) groups is 1. The number of anilines is 1. The zero-order chi connectivity index (χ0) is 14.8. The highest BCUT2D eigenvalue weighted by Gasteiger charge is 2.32. The molecule has 1 aliphatic rings. The van der Waals surface area contributed by atoms with Crippen molar-refractivity contribution in [3.8, 4) is 0 Å². The summed E-state index contributed by atoms with van der Waals surface area (Å²) in [6.45, 7) is 2.07. The van der Waals surface area contributed by atoms with E-state index in [9.17, 15) is 4.79 Å². The van der Waals surface area contributed by atoms with E-state index >= 15 is 0 Å². The fourth-order valence-corrected chi connectivity index (χ4v) is 3.25. The minimum Gasteiger partial charge on any atom is -0.327 e. The topological polar surface area (TPSA) is 32.3 Å². The van der Waals surface area contributed by atoms with Gasteiger partial charge in [-0.15, -0.1) is 11.3 Å². The van der Waals surface area contributed by atoms with E-state index in [1.54, 1.807) is 16.2 Å². The Morgan fingerprint density at radius 3 is 2.81 bits per heavy atom. The number of nitrogens with zero attached hydrogens (tertiary/aromatic N) is 1. The molecular weight excluding hydrogens is 300 g/mol. The van der Waals surface area contributed by atoms with Gasteiger partial charge in [-0.25, -0.2) is 0 Å². The summed E-state index contributed by atoms with van der Waals surface area (Å²) in [5.74, 6) is -0.102. The molecule has 1 aromatic carbocycles. The molecule has 1 amide bonds. The van der Waals surface area contributed by atoms with Crippen LogP contribution in [0.4, 0.5) is 5.69 Å². The van der Waals surface area contributed by atoms with Crippen molar-refractivity contribution in [2.45, 2.75) is 13.3 Å². The number of nitrogens with one attached hydrogen (secondary N) is 1. The Kier molecular flexibility index (Phi) is 3.86. The molecule has 1 N–H and O–H groups in total. The van der Waals surface area contributed by atoms with Gasteiger partial charge in [0, 0.05) is 4.88 Å². The van der Waals surface area contributed by atoms with Crippen LogP contribution >= 0.6 is 23.6 Å². The fraction of sp³-hybridized carbons (Fsp3) is 0.125. The van der Waals surface area contributed by atoms with Crippen molar-refractivity contribution in [2.24, 2.45) is 0 Å². The molecular formula is C16H14N2OS2. The minimum atomic E-state index is -0.102. The maximum absolute atomic E-state index is 12.6. The zero-order valence-corrected chi connectivity index (χ0v) is 13.1. The average molecular weight is 314 g/mol. The molecule has 3 nitrogen and oxygen atoms in total. The molecule has 0 saturated carbocycles. The van der Waals surface area contributed by atoms with Gasteiger partial charge in [-0.1, -0.05) is 31.2 Å². The highest BCUT2D eigenvalue weighted by molar-refractivity contribution is 7.80. The predicted octanol–water partition coefficient (Wildman–Crippen LogP) is 3.57. The number of thiophene rings is 1. The Morgan fingerprint density at radius 1 is 1.29 bits per heavy atom. The third kappa shape index (κ3) is 2.62. The van der Waals surface area contributed by atoms with Gasteiger partial charge in [0.05, 0.1) is 5.69 Å². The molecule has 2 aromatic rings. The van der Waals surface area contributed by atoms with E-state index in [1.165, 1.54) is 0 Å². The molecule has 5 heteroatoms. The second-order valence-electron chi connectivity index (χ2n) is 4.63. The molecule has 1 saturated heterocycles. The zero-order valence-electron chi connectivity index (χ0n) is 11.5. The molecule has 0 unspecified atom stereocenters. The number of para-hydroxylation sites is 1. The van der Waals surface area contributed by atoms with E-state index in [1.807, 2.05) is 47.9 Å². The van der Waals surface area contributed by atoms with E-state index in [2.05, 4.69) is 12.2 Å². The number of carbonyl (C=O) groups is 1. The minimum absolute atomic E-state index is 0.102. The van der Waals surface area contributed by atoms with Gasteiger partial charge in [0.2, 0.25) is 0 Å². The van der Waals surface area contributed by atoms with Crippen molar-refractivity contribution in [3.05, 3.63) is 57.9 Å². The van der Waals surface area contributed by atoms with E-state index in [0.717, 1.165) is 22.5 Å². The largest absolute Gasteiger partial charge is 0.327 e. The lowest BCUT2D eigenvalue weighted by atomic mass is 10.1. The van der Waals surface area contributed by atoms with Crippen LogP contribution in [0.2, 0.25) is 0 Å². The molecule has 1 aromatic heterocycles. The van der Waals surface area contributed by atoms with Gasteiger partial charge >= 0.3 is 0 Å². The molecule has 3 rings (SSSR count). The average Bonchev–Trinajstić information content (AvgIpc) is 3.09. The molecule has 0 spiro atoms. The molecule has 0 radical (unpaired) electrons. The lowest BCUT2D eigenvalue weighted by Crippen LogP contribution is -2.31. The Hall–Kier alpha value is -1.98. The van der Waals surface area contributed by atoms with E-state index in [0.29, 0.717) is 10.8 Å². The van der Waals surface area contributed by atoms with Crippen LogP contribution in [0.25, 0.3) is 6.08 Å². The van der Waals surface area contributed by atoms with Crippen molar-refractivity contribution in [1.29, 1.82) is 0 Å². The quantitative estimate of drug-likeness (QED) is 0.694. The van der Waals surface area contributed by atoms with Gasteiger partial charge in [0.25, 0.3) is 5.91 Å². The van der Waals surface area contributed by atoms with E-state index < -0.39 is 0 Å². The first-order valence-corrected chi connectivity index (χ1v) is 7.98. The third-order valence-corrected chi connectivity index (χ3v) is 4.43. The van der Waals surface area contributed by atoms with Gasteiger partial charge in [0.15, 0.2) is 5.11 Å². The maximum atomic E-state index is 12.6. The first-order chi connectivity index (χ1) is 10.2. The summed E-state index contributed by atoms with van der Waals surface area (Å²) in [4.78, 5) is 15.2. The van der Waals surface area contributed by atoms with Gasteiger partial charge in [-0.3, -0.25) is 9.69 Å². The number of hydrogen-bond donors (Lipinski definition) is 1. The highest BCUT2D eigenvalue weighted by Crippen LogP contribution is 2.26. The van der Waals surface area contributed by atoms with Crippen LogP contribution in [0.1, 0.15) is 17.4 Å². The normalized spacial score (nSPS) is 16.6. The van der Waals surface area contributed by atoms with Crippen LogP contribution < -0.4 is 10.2 Å². The molecule has 0 bridgehead atoms. The van der Waals surface area contributed by atoms with Crippen LogP contribution in [0.5, 0.6) is 0 Å². The summed E-state index contributed by atoms with van der Waals surface area (Å²) < 4.78 is 0. The molecule has 0 aliphatic carbocycles. The monoisotopic (exact) mass is 314 g/mol. The summed E-state index contributed by atoms with van der Waals surface area (Å²) in [7, 11) is 0. The number of amides is 1. The lowest BCUT2D eigenvalue weighted by Gasteiger charge is -2.17. The predicted molar refractivity (Wildman–Crippen MR) is 91.3 cm³/mol. The van der Waals surface area contributed by atoms with Crippen LogP contribution in [-0.2, 0) is 11.2 Å². The van der Waals surface area contributed by atoms with Gasteiger partial charge in [-0.2, -0.15) is 0 Å². The van der Waals surface area contributed by atoms with Gasteiger partial charge in [0.1, 0.15) is 5.70 Å². The SMILES string of the molecule is CCc1ccccc1N1C(=O)/C(=C\c2cccs2)NC1=S. The summed E-state index contributed by atoms with van der Waals surface area (Å²) in [6.07, 6.45) is 2.69. The summed E-state index contributed by atoms with van der Waals surface area (Å²) in [5.41, 5.74) is 2.48. The number of aryl methyl sites for hydroxylation is 1. The molecule has 106 valence electrons.